The largest absolute Gasteiger partial charge is 0.395 e. The molecule has 0 spiro atoms. The van der Waals surface area contributed by atoms with Crippen LogP contribution in [0.2, 0.25) is 0 Å². The summed E-state index contributed by atoms with van der Waals surface area (Å²) in [5.41, 5.74) is 0.914. The summed E-state index contributed by atoms with van der Waals surface area (Å²) in [5.74, 6) is 0.0506. The molecule has 0 fully saturated rings. The first-order valence-electron chi connectivity index (χ1n) is 5.83. The van der Waals surface area contributed by atoms with Gasteiger partial charge in [0, 0.05) is 18.8 Å². The number of carbonyl (C=O) groups excluding carboxylic acids is 1. The predicted molar refractivity (Wildman–Crippen MR) is 69.1 cm³/mol. The van der Waals surface area contributed by atoms with Gasteiger partial charge in [-0.2, -0.15) is 0 Å². The van der Waals surface area contributed by atoms with E-state index in [0.717, 1.165) is 5.69 Å². The second-order valence-electron chi connectivity index (χ2n) is 3.93. The average molecular weight is 236 g/mol. The lowest BCUT2D eigenvalue weighted by molar-refractivity contribution is -0.119. The molecule has 0 aliphatic heterocycles. The summed E-state index contributed by atoms with van der Waals surface area (Å²) >= 11 is 0. The van der Waals surface area contributed by atoms with Crippen LogP contribution in [0.1, 0.15) is 6.92 Å². The third-order valence-electron chi connectivity index (χ3n) is 2.57. The zero-order valence-electron chi connectivity index (χ0n) is 10.5. The minimum atomic E-state index is 0.0506. The first-order chi connectivity index (χ1) is 8.19. The fourth-order valence-corrected chi connectivity index (χ4v) is 1.68. The van der Waals surface area contributed by atoms with Crippen LogP contribution in [-0.4, -0.2) is 49.2 Å². The van der Waals surface area contributed by atoms with Crippen molar-refractivity contribution in [2.45, 2.75) is 6.92 Å². The van der Waals surface area contributed by atoms with E-state index in [0.29, 0.717) is 19.6 Å². The van der Waals surface area contributed by atoms with Gasteiger partial charge in [-0.25, -0.2) is 0 Å². The molecule has 1 rings (SSSR count). The van der Waals surface area contributed by atoms with E-state index in [1.54, 1.807) is 4.90 Å². The molecular formula is C13H20N2O2. The van der Waals surface area contributed by atoms with Gasteiger partial charge in [-0.3, -0.25) is 9.69 Å². The van der Waals surface area contributed by atoms with Crippen molar-refractivity contribution in [3.8, 4) is 0 Å². The smallest absolute Gasteiger partial charge is 0.241 e. The number of hydrogen-bond donors (Lipinski definition) is 1. The first kappa shape index (κ1) is 13.7. The van der Waals surface area contributed by atoms with Gasteiger partial charge in [0.15, 0.2) is 0 Å². The number of carbonyl (C=O) groups is 1. The number of amides is 1. The van der Waals surface area contributed by atoms with Crippen LogP contribution in [0.25, 0.3) is 0 Å². The third-order valence-corrected chi connectivity index (χ3v) is 2.57. The molecule has 4 nitrogen and oxygen atoms in total. The van der Waals surface area contributed by atoms with E-state index in [1.807, 2.05) is 49.2 Å². The molecule has 0 saturated heterocycles. The summed E-state index contributed by atoms with van der Waals surface area (Å²) in [5, 5.41) is 8.80. The molecule has 0 aliphatic rings. The minimum absolute atomic E-state index is 0.0506. The Bertz CT molecular complexity index is 341. The van der Waals surface area contributed by atoms with Crippen LogP contribution in [0, 0.1) is 0 Å². The van der Waals surface area contributed by atoms with E-state index in [4.69, 9.17) is 5.11 Å². The van der Waals surface area contributed by atoms with Crippen molar-refractivity contribution in [3.63, 3.8) is 0 Å². The zero-order chi connectivity index (χ0) is 12.7. The van der Waals surface area contributed by atoms with Gasteiger partial charge in [-0.15, -0.1) is 0 Å². The lowest BCUT2D eigenvalue weighted by Gasteiger charge is -2.24. The number of hydrogen-bond acceptors (Lipinski definition) is 3. The molecule has 0 unspecified atom stereocenters. The highest BCUT2D eigenvalue weighted by Gasteiger charge is 2.14. The van der Waals surface area contributed by atoms with Crippen LogP contribution in [0.4, 0.5) is 5.69 Å². The molecule has 0 heterocycles. The van der Waals surface area contributed by atoms with Gasteiger partial charge in [-0.1, -0.05) is 18.2 Å². The van der Waals surface area contributed by atoms with Crippen molar-refractivity contribution in [3.05, 3.63) is 30.3 Å². The molecule has 1 N–H and O–H groups in total. The van der Waals surface area contributed by atoms with Crippen molar-refractivity contribution >= 4 is 11.6 Å². The molecule has 1 amide bonds. The van der Waals surface area contributed by atoms with E-state index >= 15 is 0 Å². The maximum absolute atomic E-state index is 12.1. The summed E-state index contributed by atoms with van der Waals surface area (Å²) in [4.78, 5) is 15.6. The van der Waals surface area contributed by atoms with E-state index in [1.165, 1.54) is 0 Å². The molecule has 0 radical (unpaired) electrons. The van der Waals surface area contributed by atoms with Gasteiger partial charge >= 0.3 is 0 Å². The van der Waals surface area contributed by atoms with Crippen LogP contribution in [0.3, 0.4) is 0 Å². The monoisotopic (exact) mass is 236 g/mol. The Kier molecular flexibility index (Phi) is 5.66. The van der Waals surface area contributed by atoms with Crippen LogP contribution in [-0.2, 0) is 4.79 Å². The Balaban J connectivity index is 2.65. The maximum atomic E-state index is 12.1. The van der Waals surface area contributed by atoms with Gasteiger partial charge in [0.2, 0.25) is 5.91 Å². The Hall–Kier alpha value is -1.39. The normalized spacial score (nSPS) is 10.6. The van der Waals surface area contributed by atoms with Crippen molar-refractivity contribution in [1.82, 2.24) is 4.90 Å². The Labute approximate surface area is 102 Å². The number of benzene rings is 1. The predicted octanol–water partition coefficient (Wildman–Crippen LogP) is 0.964. The number of nitrogens with zero attached hydrogens (tertiary/aromatic N) is 2. The van der Waals surface area contributed by atoms with Crippen molar-refractivity contribution in [2.24, 2.45) is 0 Å². The van der Waals surface area contributed by atoms with Gasteiger partial charge in [-0.05, 0) is 26.1 Å². The maximum Gasteiger partial charge on any atom is 0.241 e. The molecule has 0 aliphatic carbocycles. The molecule has 4 heteroatoms. The van der Waals surface area contributed by atoms with Crippen molar-refractivity contribution in [1.29, 1.82) is 0 Å². The number of anilines is 1. The summed E-state index contributed by atoms with van der Waals surface area (Å²) < 4.78 is 0. The van der Waals surface area contributed by atoms with Gasteiger partial charge in [0.25, 0.3) is 0 Å². The summed E-state index contributed by atoms with van der Waals surface area (Å²) in [7, 11) is 1.83. The fraction of sp³-hybridized carbons (Fsp3) is 0.462. The highest BCUT2D eigenvalue weighted by atomic mass is 16.3. The van der Waals surface area contributed by atoms with E-state index in [9.17, 15) is 4.79 Å². The molecule has 17 heavy (non-hydrogen) atoms. The van der Waals surface area contributed by atoms with E-state index in [-0.39, 0.29) is 12.5 Å². The van der Waals surface area contributed by atoms with Crippen LogP contribution in [0.5, 0.6) is 0 Å². The molecule has 1 aromatic carbocycles. The molecule has 0 atom stereocenters. The van der Waals surface area contributed by atoms with Crippen LogP contribution >= 0.6 is 0 Å². The Morgan fingerprint density at radius 2 is 1.94 bits per heavy atom. The number of aliphatic hydroxyl groups excluding tert-OH is 1. The van der Waals surface area contributed by atoms with Crippen molar-refractivity contribution < 1.29 is 9.90 Å². The van der Waals surface area contributed by atoms with Crippen LogP contribution in [0.15, 0.2) is 30.3 Å². The van der Waals surface area contributed by atoms with Gasteiger partial charge in [0.1, 0.15) is 0 Å². The second-order valence-corrected chi connectivity index (χ2v) is 3.93. The molecular weight excluding hydrogens is 216 g/mol. The Morgan fingerprint density at radius 1 is 1.29 bits per heavy atom. The van der Waals surface area contributed by atoms with E-state index in [2.05, 4.69) is 0 Å². The highest BCUT2D eigenvalue weighted by Crippen LogP contribution is 2.13. The molecule has 0 bridgehead atoms. The first-order valence-corrected chi connectivity index (χ1v) is 5.83. The fourth-order valence-electron chi connectivity index (χ4n) is 1.68. The average Bonchev–Trinajstić information content (AvgIpc) is 2.31. The SMILES string of the molecule is CCN(C(=O)CN(C)CCO)c1ccccc1. The minimum Gasteiger partial charge on any atom is -0.395 e. The molecule has 94 valence electrons. The number of likely N-dealkylation sites (N-methyl/N-ethyl adjacent to an activating group) is 2. The highest BCUT2D eigenvalue weighted by molar-refractivity contribution is 5.94. The molecule has 0 saturated carbocycles. The Morgan fingerprint density at radius 3 is 2.47 bits per heavy atom. The lowest BCUT2D eigenvalue weighted by atomic mass is 10.3. The molecule has 0 aromatic heterocycles. The number of aliphatic hydroxyl groups is 1. The summed E-state index contributed by atoms with van der Waals surface area (Å²) in [6, 6.07) is 9.62. The summed E-state index contributed by atoms with van der Waals surface area (Å²) in [6.45, 7) is 3.51. The van der Waals surface area contributed by atoms with Gasteiger partial charge < -0.3 is 10.0 Å². The molecule has 1 aromatic rings. The zero-order valence-corrected chi connectivity index (χ0v) is 10.5. The number of para-hydroxylation sites is 1. The standard InChI is InChI=1S/C13H20N2O2/c1-3-15(12-7-5-4-6-8-12)13(17)11-14(2)9-10-16/h4-8,16H,3,9-11H2,1-2H3. The number of rotatable bonds is 6. The van der Waals surface area contributed by atoms with E-state index < -0.39 is 0 Å². The third kappa shape index (κ3) is 4.17. The van der Waals surface area contributed by atoms with Crippen molar-refractivity contribution in [2.75, 3.05) is 38.2 Å². The quantitative estimate of drug-likeness (QED) is 0.800. The lowest BCUT2D eigenvalue weighted by Crippen LogP contribution is -2.39. The van der Waals surface area contributed by atoms with Crippen LogP contribution < -0.4 is 4.90 Å². The summed E-state index contributed by atoms with van der Waals surface area (Å²) in [6.07, 6.45) is 0. The second kappa shape index (κ2) is 7.04. The van der Waals surface area contributed by atoms with Gasteiger partial charge in [0.05, 0.1) is 13.2 Å². The topological polar surface area (TPSA) is 43.8 Å².